The normalized spacial score (nSPS) is 10.3. The van der Waals surface area contributed by atoms with E-state index >= 15 is 0 Å². The molecule has 0 fully saturated rings. The van der Waals surface area contributed by atoms with E-state index in [1.807, 2.05) is 56.4 Å². The van der Waals surface area contributed by atoms with Crippen molar-refractivity contribution in [1.82, 2.24) is 4.98 Å². The highest BCUT2D eigenvalue weighted by Gasteiger charge is 2.06. The maximum absolute atomic E-state index is 12.9. The first-order valence-electron chi connectivity index (χ1n) is 13.6. The third kappa shape index (κ3) is 13.8. The van der Waals surface area contributed by atoms with Crippen LogP contribution in [0.3, 0.4) is 0 Å². The Morgan fingerprint density at radius 2 is 1.00 bits per heavy atom. The second-order valence-electron chi connectivity index (χ2n) is 10.5. The summed E-state index contributed by atoms with van der Waals surface area (Å²) in [6.07, 6.45) is 1.83. The van der Waals surface area contributed by atoms with Crippen molar-refractivity contribution >= 4 is 0 Å². The van der Waals surface area contributed by atoms with Gasteiger partial charge in [-0.15, -0.1) is 0 Å². The average Bonchev–Trinajstić information content (AvgIpc) is 2.91. The smallest absolute Gasteiger partial charge is 0.129 e. The molecule has 0 aliphatic carbocycles. The van der Waals surface area contributed by atoms with Crippen molar-refractivity contribution in [2.45, 2.75) is 79.1 Å². The molecular formula is C35H44F3N. The van der Waals surface area contributed by atoms with Gasteiger partial charge in [0.1, 0.15) is 17.5 Å². The maximum Gasteiger partial charge on any atom is 0.129 e. The van der Waals surface area contributed by atoms with Gasteiger partial charge >= 0.3 is 0 Å². The lowest BCUT2D eigenvalue weighted by Crippen LogP contribution is -1.92. The van der Waals surface area contributed by atoms with E-state index in [-0.39, 0.29) is 11.7 Å². The van der Waals surface area contributed by atoms with E-state index < -0.39 is 11.6 Å². The van der Waals surface area contributed by atoms with Gasteiger partial charge in [-0.1, -0.05) is 110 Å². The molecule has 4 aromatic rings. The lowest BCUT2D eigenvalue weighted by Gasteiger charge is -2.05. The van der Waals surface area contributed by atoms with Crippen LogP contribution in [0.2, 0.25) is 0 Å². The largest absolute Gasteiger partial charge is 0.261 e. The fourth-order valence-electron chi connectivity index (χ4n) is 3.37. The summed E-state index contributed by atoms with van der Waals surface area (Å²) in [4.78, 5) is 4.18. The van der Waals surface area contributed by atoms with Crippen LogP contribution in [0.1, 0.15) is 101 Å². The van der Waals surface area contributed by atoms with Gasteiger partial charge in [-0.2, -0.15) is 0 Å². The van der Waals surface area contributed by atoms with Gasteiger partial charge in [0, 0.05) is 18.0 Å². The molecule has 4 heteroatoms. The molecule has 1 aromatic heterocycles. The number of hydrogen-bond acceptors (Lipinski definition) is 1. The standard InChI is InChI=1S/C9H10F2.C9H11F.C9H12.C8H11N/c1-6(2)8-4-3-7(10)5-9(8)11;1-7(2)8-3-5-9(10)6-4-8;1-8(2)9-6-4-3-5-7-9;1-7(2)8-5-3-4-6-9-8/h3-6H,1-2H3;3-7H,1-2H3;3-8H,1-2H3;3-7H,1-2H3. The van der Waals surface area contributed by atoms with Gasteiger partial charge in [-0.05, 0) is 70.7 Å². The number of aromatic nitrogens is 1. The van der Waals surface area contributed by atoms with Crippen LogP contribution in [-0.4, -0.2) is 4.98 Å². The second kappa shape index (κ2) is 18.0. The summed E-state index contributed by atoms with van der Waals surface area (Å²) >= 11 is 0. The van der Waals surface area contributed by atoms with Gasteiger partial charge in [0.05, 0.1) is 0 Å². The topological polar surface area (TPSA) is 12.9 Å². The molecule has 0 N–H and O–H groups in total. The zero-order chi connectivity index (χ0) is 29.4. The molecule has 4 rings (SSSR count). The van der Waals surface area contributed by atoms with Crippen LogP contribution in [0.25, 0.3) is 0 Å². The monoisotopic (exact) mass is 535 g/mol. The minimum Gasteiger partial charge on any atom is -0.261 e. The molecule has 0 aliphatic heterocycles. The number of benzene rings is 3. The highest BCUT2D eigenvalue weighted by Crippen LogP contribution is 2.18. The Morgan fingerprint density at radius 3 is 1.38 bits per heavy atom. The molecular weight excluding hydrogens is 491 g/mol. The minimum atomic E-state index is -0.521. The molecule has 1 nitrogen and oxygen atoms in total. The minimum absolute atomic E-state index is 0.107. The molecule has 0 atom stereocenters. The van der Waals surface area contributed by atoms with Crippen molar-refractivity contribution in [2.75, 3.05) is 0 Å². The van der Waals surface area contributed by atoms with Crippen molar-refractivity contribution < 1.29 is 13.2 Å². The molecule has 0 spiro atoms. The summed E-state index contributed by atoms with van der Waals surface area (Å²) in [5.74, 6) is 0.657. The van der Waals surface area contributed by atoms with Gasteiger partial charge in [0.2, 0.25) is 0 Å². The zero-order valence-corrected chi connectivity index (χ0v) is 24.6. The predicted octanol–water partition coefficient (Wildman–Crippen LogP) is 11.1. The zero-order valence-electron chi connectivity index (χ0n) is 24.6. The van der Waals surface area contributed by atoms with E-state index in [2.05, 4.69) is 70.8 Å². The number of nitrogens with zero attached hydrogens (tertiary/aromatic N) is 1. The summed E-state index contributed by atoms with van der Waals surface area (Å²) in [6.45, 7) is 16.6. The summed E-state index contributed by atoms with van der Waals surface area (Å²) in [5.41, 5.74) is 4.32. The molecule has 0 unspecified atom stereocenters. The van der Waals surface area contributed by atoms with Gasteiger partial charge in [-0.25, -0.2) is 13.2 Å². The Hall–Kier alpha value is -3.40. The van der Waals surface area contributed by atoms with Crippen molar-refractivity contribution in [3.8, 4) is 0 Å². The Morgan fingerprint density at radius 1 is 0.487 bits per heavy atom. The molecule has 1 heterocycles. The van der Waals surface area contributed by atoms with E-state index in [0.29, 0.717) is 23.3 Å². The van der Waals surface area contributed by atoms with Crippen molar-refractivity contribution in [2.24, 2.45) is 0 Å². The third-order valence-corrected chi connectivity index (χ3v) is 5.87. The number of halogens is 3. The van der Waals surface area contributed by atoms with E-state index in [1.54, 1.807) is 0 Å². The highest BCUT2D eigenvalue weighted by molar-refractivity contribution is 5.21. The van der Waals surface area contributed by atoms with Crippen LogP contribution < -0.4 is 0 Å². The van der Waals surface area contributed by atoms with Crippen LogP contribution in [0.4, 0.5) is 13.2 Å². The first-order valence-corrected chi connectivity index (χ1v) is 13.6. The molecule has 0 bridgehead atoms. The van der Waals surface area contributed by atoms with Gasteiger partial charge in [0.15, 0.2) is 0 Å². The molecule has 0 aliphatic rings. The second-order valence-corrected chi connectivity index (χ2v) is 10.5. The summed E-state index contributed by atoms with van der Waals surface area (Å²) < 4.78 is 37.6. The molecule has 0 radical (unpaired) electrons. The van der Waals surface area contributed by atoms with E-state index in [4.69, 9.17) is 0 Å². The van der Waals surface area contributed by atoms with E-state index in [9.17, 15) is 13.2 Å². The third-order valence-electron chi connectivity index (χ3n) is 5.87. The number of hydrogen-bond donors (Lipinski definition) is 0. The lowest BCUT2D eigenvalue weighted by atomic mass is 10.0. The summed E-state index contributed by atoms with van der Waals surface area (Å²) in [5, 5.41) is 0. The molecule has 0 saturated carbocycles. The van der Waals surface area contributed by atoms with Crippen molar-refractivity contribution in [1.29, 1.82) is 0 Å². The van der Waals surface area contributed by atoms with Crippen LogP contribution in [0.15, 0.2) is 97.2 Å². The first-order chi connectivity index (χ1) is 18.4. The van der Waals surface area contributed by atoms with Crippen LogP contribution in [-0.2, 0) is 0 Å². The van der Waals surface area contributed by atoms with Crippen LogP contribution in [0, 0.1) is 17.5 Å². The van der Waals surface area contributed by atoms with Gasteiger partial charge in [0.25, 0.3) is 0 Å². The molecule has 3 aromatic carbocycles. The molecule has 0 amide bonds. The maximum atomic E-state index is 12.9. The average molecular weight is 536 g/mol. The quantitative estimate of drug-likeness (QED) is 0.253. The van der Waals surface area contributed by atoms with Crippen LogP contribution >= 0.6 is 0 Å². The fourth-order valence-corrected chi connectivity index (χ4v) is 3.37. The number of pyridine rings is 1. The fraction of sp³-hybridized carbons (Fsp3) is 0.343. The molecule has 0 saturated heterocycles. The van der Waals surface area contributed by atoms with Crippen LogP contribution in [0.5, 0.6) is 0 Å². The van der Waals surface area contributed by atoms with E-state index in [0.717, 1.165) is 11.8 Å². The predicted molar refractivity (Wildman–Crippen MR) is 160 cm³/mol. The molecule has 39 heavy (non-hydrogen) atoms. The van der Waals surface area contributed by atoms with Gasteiger partial charge < -0.3 is 0 Å². The highest BCUT2D eigenvalue weighted by atomic mass is 19.1. The Kier molecular flexibility index (Phi) is 15.5. The van der Waals surface area contributed by atoms with Gasteiger partial charge in [-0.3, -0.25) is 4.98 Å². The lowest BCUT2D eigenvalue weighted by molar-refractivity contribution is 0.565. The van der Waals surface area contributed by atoms with Crippen molar-refractivity contribution in [3.63, 3.8) is 0 Å². The Bertz CT molecular complexity index is 1130. The van der Waals surface area contributed by atoms with Crippen molar-refractivity contribution in [3.05, 3.63) is 137 Å². The number of rotatable bonds is 4. The van der Waals surface area contributed by atoms with E-state index in [1.165, 1.54) is 35.4 Å². The SMILES string of the molecule is CC(C)c1ccc(F)cc1.CC(C)c1ccc(F)cc1F.CC(C)c1ccccc1.CC(C)c1ccccn1. The summed E-state index contributed by atoms with van der Waals surface area (Å²) in [6, 6.07) is 26.8. The Labute approximate surface area is 234 Å². The summed E-state index contributed by atoms with van der Waals surface area (Å²) in [7, 11) is 0. The first kappa shape index (κ1) is 33.6. The Balaban J connectivity index is 0.000000261. The molecule has 210 valence electrons.